The van der Waals surface area contributed by atoms with Gasteiger partial charge in [0.25, 0.3) is 0 Å². The molecule has 0 aromatic heterocycles. The summed E-state index contributed by atoms with van der Waals surface area (Å²) in [6.07, 6.45) is 1.38. The van der Waals surface area contributed by atoms with E-state index in [9.17, 15) is 4.79 Å². The molecule has 2 rings (SSSR count). The molecule has 0 fully saturated rings. The first-order valence-corrected chi connectivity index (χ1v) is 6.76. The number of esters is 1. The van der Waals surface area contributed by atoms with Gasteiger partial charge in [-0.2, -0.15) is 0 Å². The van der Waals surface area contributed by atoms with Crippen LogP contribution < -0.4 is 5.73 Å². The second-order valence-electron chi connectivity index (χ2n) is 4.72. The van der Waals surface area contributed by atoms with E-state index in [2.05, 4.69) is 0 Å². The SMILES string of the molecule is Cl.NC(CCc1ccccc1)C(=O)OCc1ccccc1. The Labute approximate surface area is 131 Å². The van der Waals surface area contributed by atoms with Crippen molar-refractivity contribution in [3.63, 3.8) is 0 Å². The summed E-state index contributed by atoms with van der Waals surface area (Å²) in [4.78, 5) is 11.8. The third kappa shape index (κ3) is 5.98. The Hall–Kier alpha value is -1.84. The fraction of sp³-hybridized carbons (Fsp3) is 0.235. The van der Waals surface area contributed by atoms with Crippen molar-refractivity contribution in [2.24, 2.45) is 5.73 Å². The average molecular weight is 306 g/mol. The van der Waals surface area contributed by atoms with Crippen molar-refractivity contribution in [2.75, 3.05) is 0 Å². The van der Waals surface area contributed by atoms with Crippen molar-refractivity contribution in [3.8, 4) is 0 Å². The number of hydrogen-bond acceptors (Lipinski definition) is 3. The zero-order valence-electron chi connectivity index (χ0n) is 11.8. The minimum atomic E-state index is -0.570. The third-order valence-electron chi connectivity index (χ3n) is 3.11. The second-order valence-corrected chi connectivity index (χ2v) is 4.72. The van der Waals surface area contributed by atoms with Gasteiger partial charge in [-0.05, 0) is 24.0 Å². The maximum absolute atomic E-state index is 11.8. The molecule has 3 nitrogen and oxygen atoms in total. The van der Waals surface area contributed by atoms with Crippen molar-refractivity contribution in [2.45, 2.75) is 25.5 Å². The lowest BCUT2D eigenvalue weighted by molar-refractivity contribution is -0.146. The molecule has 0 heterocycles. The lowest BCUT2D eigenvalue weighted by Crippen LogP contribution is -2.32. The molecule has 0 radical (unpaired) electrons. The van der Waals surface area contributed by atoms with Gasteiger partial charge in [-0.15, -0.1) is 12.4 Å². The summed E-state index contributed by atoms with van der Waals surface area (Å²) >= 11 is 0. The van der Waals surface area contributed by atoms with Crippen LogP contribution in [0.5, 0.6) is 0 Å². The predicted octanol–water partition coefficient (Wildman–Crippen LogP) is 3.11. The van der Waals surface area contributed by atoms with E-state index >= 15 is 0 Å². The van der Waals surface area contributed by atoms with Gasteiger partial charge in [0, 0.05) is 0 Å². The Morgan fingerprint density at radius 3 is 2.05 bits per heavy atom. The van der Waals surface area contributed by atoms with Crippen molar-refractivity contribution in [1.29, 1.82) is 0 Å². The lowest BCUT2D eigenvalue weighted by Gasteiger charge is -2.11. The monoisotopic (exact) mass is 305 g/mol. The summed E-state index contributed by atoms with van der Waals surface area (Å²) < 4.78 is 5.21. The van der Waals surface area contributed by atoms with E-state index in [1.54, 1.807) is 0 Å². The molecule has 1 unspecified atom stereocenters. The molecule has 1 atom stereocenters. The molecule has 0 saturated heterocycles. The maximum Gasteiger partial charge on any atom is 0.323 e. The third-order valence-corrected chi connectivity index (χ3v) is 3.11. The van der Waals surface area contributed by atoms with Crippen molar-refractivity contribution in [1.82, 2.24) is 0 Å². The van der Waals surface area contributed by atoms with Gasteiger partial charge >= 0.3 is 5.97 Å². The highest BCUT2D eigenvalue weighted by Crippen LogP contribution is 2.06. The number of ether oxygens (including phenoxy) is 1. The summed E-state index contributed by atoms with van der Waals surface area (Å²) in [5, 5.41) is 0. The average Bonchev–Trinajstić information content (AvgIpc) is 2.52. The number of halogens is 1. The van der Waals surface area contributed by atoms with Crippen molar-refractivity contribution in [3.05, 3.63) is 71.8 Å². The zero-order chi connectivity index (χ0) is 14.2. The predicted molar refractivity (Wildman–Crippen MR) is 86.2 cm³/mol. The van der Waals surface area contributed by atoms with Crippen LogP contribution in [0.2, 0.25) is 0 Å². The van der Waals surface area contributed by atoms with Crippen LogP contribution in [0.1, 0.15) is 17.5 Å². The summed E-state index contributed by atoms with van der Waals surface area (Å²) in [6.45, 7) is 0.276. The normalized spacial score (nSPS) is 11.3. The Balaban J connectivity index is 0.00000220. The van der Waals surface area contributed by atoms with Gasteiger partial charge in [-0.1, -0.05) is 60.7 Å². The standard InChI is InChI=1S/C17H19NO2.ClH/c18-16(12-11-14-7-3-1-4-8-14)17(19)20-13-15-9-5-2-6-10-15;/h1-10,16H,11-13,18H2;1H. The van der Waals surface area contributed by atoms with Crippen LogP contribution in [-0.2, 0) is 22.6 Å². The summed E-state index contributed by atoms with van der Waals surface area (Å²) in [5.41, 5.74) is 8.00. The minimum Gasteiger partial charge on any atom is -0.460 e. The number of rotatable bonds is 6. The fourth-order valence-electron chi connectivity index (χ4n) is 1.92. The molecule has 2 aromatic rings. The highest BCUT2D eigenvalue weighted by molar-refractivity contribution is 5.85. The Kier molecular flexibility index (Phi) is 7.51. The molecule has 0 saturated carbocycles. The largest absolute Gasteiger partial charge is 0.460 e. The Morgan fingerprint density at radius 1 is 0.952 bits per heavy atom. The molecule has 0 amide bonds. The van der Waals surface area contributed by atoms with Gasteiger partial charge in [0.15, 0.2) is 0 Å². The first-order chi connectivity index (χ1) is 9.75. The van der Waals surface area contributed by atoms with Gasteiger partial charge in [-0.25, -0.2) is 0 Å². The smallest absolute Gasteiger partial charge is 0.323 e. The van der Waals surface area contributed by atoms with Gasteiger partial charge in [-0.3, -0.25) is 4.79 Å². The molecule has 0 spiro atoms. The van der Waals surface area contributed by atoms with E-state index in [0.717, 1.165) is 12.0 Å². The Bertz CT molecular complexity index is 531. The molecule has 0 aliphatic rings. The van der Waals surface area contributed by atoms with Gasteiger partial charge in [0.2, 0.25) is 0 Å². The number of nitrogens with two attached hydrogens (primary N) is 1. The van der Waals surface area contributed by atoms with E-state index in [0.29, 0.717) is 6.42 Å². The van der Waals surface area contributed by atoms with Gasteiger partial charge in [0.05, 0.1) is 0 Å². The van der Waals surface area contributed by atoms with Crippen LogP contribution in [0.4, 0.5) is 0 Å². The van der Waals surface area contributed by atoms with Crippen LogP contribution in [0.25, 0.3) is 0 Å². The second kappa shape index (κ2) is 9.16. The number of hydrogen-bond donors (Lipinski definition) is 1. The maximum atomic E-state index is 11.8. The molecule has 0 aliphatic carbocycles. The first kappa shape index (κ1) is 17.2. The molecule has 112 valence electrons. The van der Waals surface area contributed by atoms with Crippen LogP contribution in [0.15, 0.2) is 60.7 Å². The van der Waals surface area contributed by atoms with Crippen molar-refractivity contribution >= 4 is 18.4 Å². The van der Waals surface area contributed by atoms with E-state index < -0.39 is 6.04 Å². The first-order valence-electron chi connectivity index (χ1n) is 6.76. The highest BCUT2D eigenvalue weighted by Gasteiger charge is 2.14. The molecular weight excluding hydrogens is 286 g/mol. The van der Waals surface area contributed by atoms with Crippen LogP contribution in [0, 0.1) is 0 Å². The highest BCUT2D eigenvalue weighted by atomic mass is 35.5. The zero-order valence-corrected chi connectivity index (χ0v) is 12.6. The van der Waals surface area contributed by atoms with E-state index in [1.165, 1.54) is 5.56 Å². The fourth-order valence-corrected chi connectivity index (χ4v) is 1.92. The minimum absolute atomic E-state index is 0. The van der Waals surface area contributed by atoms with E-state index in [1.807, 2.05) is 60.7 Å². The van der Waals surface area contributed by atoms with Gasteiger partial charge < -0.3 is 10.5 Å². The number of carbonyl (C=O) groups is 1. The molecule has 4 heteroatoms. The summed E-state index contributed by atoms with van der Waals surface area (Å²) in [5.74, 6) is -0.343. The number of carbonyl (C=O) groups excluding carboxylic acids is 1. The Morgan fingerprint density at radius 2 is 1.48 bits per heavy atom. The molecule has 0 bridgehead atoms. The molecule has 2 aromatic carbocycles. The summed E-state index contributed by atoms with van der Waals surface area (Å²) in [6, 6.07) is 19.0. The molecular formula is C17H20ClNO2. The molecule has 2 N–H and O–H groups in total. The van der Waals surface area contributed by atoms with Crippen LogP contribution in [0.3, 0.4) is 0 Å². The molecule has 21 heavy (non-hydrogen) atoms. The lowest BCUT2D eigenvalue weighted by atomic mass is 10.1. The quantitative estimate of drug-likeness (QED) is 0.834. The summed E-state index contributed by atoms with van der Waals surface area (Å²) in [7, 11) is 0. The van der Waals surface area contributed by atoms with E-state index in [-0.39, 0.29) is 25.0 Å². The number of benzene rings is 2. The molecule has 0 aliphatic heterocycles. The van der Waals surface area contributed by atoms with E-state index in [4.69, 9.17) is 10.5 Å². The van der Waals surface area contributed by atoms with Crippen LogP contribution >= 0.6 is 12.4 Å². The van der Waals surface area contributed by atoms with Crippen LogP contribution in [-0.4, -0.2) is 12.0 Å². The number of aryl methyl sites for hydroxylation is 1. The van der Waals surface area contributed by atoms with Crippen molar-refractivity contribution < 1.29 is 9.53 Å². The van der Waals surface area contributed by atoms with Gasteiger partial charge in [0.1, 0.15) is 12.6 Å². The topological polar surface area (TPSA) is 52.3 Å².